The fraction of sp³-hybridized carbons (Fsp3) is 0.364. The highest BCUT2D eigenvalue weighted by atomic mass is 32.2. The van der Waals surface area contributed by atoms with Crippen molar-refractivity contribution in [3.05, 3.63) is 54.1 Å². The van der Waals surface area contributed by atoms with Gasteiger partial charge in [-0.25, -0.2) is 8.42 Å². The van der Waals surface area contributed by atoms with Gasteiger partial charge in [-0.2, -0.15) is 4.31 Å². The van der Waals surface area contributed by atoms with Crippen molar-refractivity contribution in [2.45, 2.75) is 37.0 Å². The number of nitrogens with one attached hydrogen (secondary N) is 2. The first-order chi connectivity index (χ1) is 14.4. The summed E-state index contributed by atoms with van der Waals surface area (Å²) in [6.07, 6.45) is 3.06. The minimum Gasteiger partial charge on any atom is -0.326 e. The summed E-state index contributed by atoms with van der Waals surface area (Å²) in [5, 5.41) is 5.70. The average molecular weight is 428 g/mol. The molecule has 8 heteroatoms. The molecule has 0 aliphatic carbocycles. The van der Waals surface area contributed by atoms with Crippen molar-refractivity contribution in [3.8, 4) is 0 Å². The Kier molecular flexibility index (Phi) is 5.87. The zero-order chi connectivity index (χ0) is 21.1. The first-order valence-corrected chi connectivity index (χ1v) is 11.7. The Morgan fingerprint density at radius 1 is 1.07 bits per heavy atom. The number of carbonyl (C=O) groups excluding carboxylic acids is 2. The number of piperidine rings is 1. The number of nitrogens with zero attached hydrogens (tertiary/aromatic N) is 1. The molecule has 4 rings (SSSR count). The van der Waals surface area contributed by atoms with E-state index in [1.54, 1.807) is 12.1 Å². The number of carbonyl (C=O) groups is 2. The van der Waals surface area contributed by atoms with E-state index in [1.807, 2.05) is 30.3 Å². The van der Waals surface area contributed by atoms with Crippen molar-refractivity contribution in [2.24, 2.45) is 5.92 Å². The van der Waals surface area contributed by atoms with E-state index in [1.165, 1.54) is 10.4 Å². The van der Waals surface area contributed by atoms with Gasteiger partial charge in [-0.3, -0.25) is 9.59 Å². The number of rotatable bonds is 4. The highest BCUT2D eigenvalue weighted by Gasteiger charge is 2.33. The van der Waals surface area contributed by atoms with Gasteiger partial charge in [0.25, 0.3) is 0 Å². The normalized spacial score (nSPS) is 20.0. The van der Waals surface area contributed by atoms with Crippen molar-refractivity contribution in [1.29, 1.82) is 0 Å². The summed E-state index contributed by atoms with van der Waals surface area (Å²) < 4.78 is 27.9. The van der Waals surface area contributed by atoms with Gasteiger partial charge < -0.3 is 10.6 Å². The van der Waals surface area contributed by atoms with Gasteiger partial charge in [0.15, 0.2) is 0 Å². The van der Waals surface area contributed by atoms with Gasteiger partial charge in [-0.15, -0.1) is 0 Å². The van der Waals surface area contributed by atoms with Gasteiger partial charge in [-0.1, -0.05) is 18.2 Å². The number of para-hydroxylation sites is 1. The van der Waals surface area contributed by atoms with Crippen molar-refractivity contribution in [1.82, 2.24) is 4.31 Å². The van der Waals surface area contributed by atoms with Crippen LogP contribution in [-0.4, -0.2) is 37.6 Å². The lowest BCUT2D eigenvalue weighted by atomic mass is 9.99. The number of anilines is 2. The van der Waals surface area contributed by atoms with Crippen LogP contribution in [0.4, 0.5) is 11.4 Å². The molecule has 0 radical (unpaired) electrons. The van der Waals surface area contributed by atoms with Crippen LogP contribution >= 0.6 is 0 Å². The molecule has 0 bridgehead atoms. The Labute approximate surface area is 176 Å². The Balaban J connectivity index is 1.50. The summed E-state index contributed by atoms with van der Waals surface area (Å²) in [5.41, 5.74) is 2.21. The summed E-state index contributed by atoms with van der Waals surface area (Å²) in [7, 11) is -3.72. The Morgan fingerprint density at radius 2 is 1.87 bits per heavy atom. The maximum Gasteiger partial charge on any atom is 0.243 e. The van der Waals surface area contributed by atoms with Gasteiger partial charge in [0, 0.05) is 30.9 Å². The third-order valence-corrected chi connectivity index (χ3v) is 7.50. The maximum atomic E-state index is 13.3. The fourth-order valence-corrected chi connectivity index (χ4v) is 5.58. The zero-order valence-electron chi connectivity index (χ0n) is 16.6. The molecule has 2 aromatic rings. The monoisotopic (exact) mass is 427 g/mol. The number of sulfonamides is 1. The van der Waals surface area contributed by atoms with Crippen molar-refractivity contribution >= 4 is 33.2 Å². The number of hydrogen-bond acceptors (Lipinski definition) is 4. The standard InChI is InChI=1S/C22H25N3O4S/c26-21-10-4-6-16-14-19(11-12-20(16)24-21)30(28,29)25-13-5-7-17(15-25)22(27)23-18-8-2-1-3-9-18/h1-3,8-9,11-12,14,17H,4-7,10,13,15H2,(H,23,27)(H,24,26)/t17-/m0/s1. The second-order valence-corrected chi connectivity index (χ2v) is 9.72. The maximum absolute atomic E-state index is 13.3. The molecule has 2 aliphatic heterocycles. The second kappa shape index (κ2) is 8.57. The SMILES string of the molecule is O=C1CCCc2cc(S(=O)(=O)N3CCC[C@H](C(=O)Nc4ccccc4)C3)ccc2N1. The van der Waals surface area contributed by atoms with Crippen LogP contribution in [0.3, 0.4) is 0 Å². The van der Waals surface area contributed by atoms with Gasteiger partial charge in [0.2, 0.25) is 21.8 Å². The van der Waals surface area contributed by atoms with Crippen LogP contribution in [0.15, 0.2) is 53.4 Å². The molecule has 1 fully saturated rings. The molecule has 1 atom stereocenters. The molecule has 2 amide bonds. The molecular weight excluding hydrogens is 402 g/mol. The van der Waals surface area contributed by atoms with Crippen molar-refractivity contribution in [3.63, 3.8) is 0 Å². The first kappa shape index (κ1) is 20.6. The molecule has 30 heavy (non-hydrogen) atoms. The van der Waals surface area contributed by atoms with Crippen LogP contribution in [0.2, 0.25) is 0 Å². The predicted octanol–water partition coefficient (Wildman–Crippen LogP) is 3.00. The summed E-state index contributed by atoms with van der Waals surface area (Å²) >= 11 is 0. The molecule has 158 valence electrons. The lowest BCUT2D eigenvalue weighted by Crippen LogP contribution is -2.43. The van der Waals surface area contributed by atoms with Crippen LogP contribution < -0.4 is 10.6 Å². The minimum absolute atomic E-state index is 0.0485. The van der Waals surface area contributed by atoms with Gasteiger partial charge >= 0.3 is 0 Å². The summed E-state index contributed by atoms with van der Waals surface area (Å²) in [6, 6.07) is 14.0. The molecular formula is C22H25N3O4S. The Bertz CT molecular complexity index is 1050. The largest absolute Gasteiger partial charge is 0.326 e. The molecule has 2 aliphatic rings. The lowest BCUT2D eigenvalue weighted by molar-refractivity contribution is -0.121. The Morgan fingerprint density at radius 3 is 2.67 bits per heavy atom. The van der Waals surface area contributed by atoms with Crippen LogP contribution in [0, 0.1) is 5.92 Å². The third-order valence-electron chi connectivity index (χ3n) is 5.63. The molecule has 2 heterocycles. The van der Waals surface area contributed by atoms with Crippen LogP contribution in [0.5, 0.6) is 0 Å². The number of amides is 2. The molecule has 2 aromatic carbocycles. The van der Waals surface area contributed by atoms with E-state index in [0.717, 1.165) is 5.56 Å². The van der Waals surface area contributed by atoms with Crippen LogP contribution in [-0.2, 0) is 26.0 Å². The van der Waals surface area contributed by atoms with E-state index >= 15 is 0 Å². The lowest BCUT2D eigenvalue weighted by Gasteiger charge is -2.31. The van der Waals surface area contributed by atoms with E-state index < -0.39 is 15.9 Å². The second-order valence-electron chi connectivity index (χ2n) is 7.78. The van der Waals surface area contributed by atoms with E-state index in [9.17, 15) is 18.0 Å². The molecule has 7 nitrogen and oxygen atoms in total. The summed E-state index contributed by atoms with van der Waals surface area (Å²) in [6.45, 7) is 0.556. The Hall–Kier alpha value is -2.71. The quantitative estimate of drug-likeness (QED) is 0.784. The van der Waals surface area contributed by atoms with Gasteiger partial charge in [0.05, 0.1) is 10.8 Å². The molecule has 1 saturated heterocycles. The molecule has 0 aromatic heterocycles. The van der Waals surface area contributed by atoms with Crippen LogP contribution in [0.25, 0.3) is 0 Å². The van der Waals surface area contributed by atoms with Crippen molar-refractivity contribution in [2.75, 3.05) is 23.7 Å². The number of hydrogen-bond donors (Lipinski definition) is 2. The van der Waals surface area contributed by atoms with E-state index in [-0.39, 0.29) is 23.3 Å². The van der Waals surface area contributed by atoms with Gasteiger partial charge in [0.1, 0.15) is 0 Å². The number of fused-ring (bicyclic) bond motifs is 1. The zero-order valence-corrected chi connectivity index (χ0v) is 17.5. The van der Waals surface area contributed by atoms with Crippen molar-refractivity contribution < 1.29 is 18.0 Å². The molecule has 0 spiro atoms. The predicted molar refractivity (Wildman–Crippen MR) is 115 cm³/mol. The highest BCUT2D eigenvalue weighted by molar-refractivity contribution is 7.89. The van der Waals surface area contributed by atoms with Gasteiger partial charge in [-0.05, 0) is 61.6 Å². The first-order valence-electron chi connectivity index (χ1n) is 10.2. The molecule has 0 unspecified atom stereocenters. The number of benzene rings is 2. The minimum atomic E-state index is -3.72. The van der Waals surface area contributed by atoms with Crippen LogP contribution in [0.1, 0.15) is 31.2 Å². The smallest absolute Gasteiger partial charge is 0.243 e. The highest BCUT2D eigenvalue weighted by Crippen LogP contribution is 2.29. The van der Waals surface area contributed by atoms with E-state index in [2.05, 4.69) is 10.6 Å². The summed E-state index contributed by atoms with van der Waals surface area (Å²) in [4.78, 5) is 24.6. The molecule has 0 saturated carbocycles. The number of aryl methyl sites for hydroxylation is 1. The topological polar surface area (TPSA) is 95.6 Å². The third kappa shape index (κ3) is 4.39. The summed E-state index contributed by atoms with van der Waals surface area (Å²) in [5.74, 6) is -0.604. The molecule has 2 N–H and O–H groups in total. The van der Waals surface area contributed by atoms with E-state index in [4.69, 9.17) is 0 Å². The average Bonchev–Trinajstić information content (AvgIpc) is 2.94. The fourth-order valence-electron chi connectivity index (χ4n) is 4.00. The van der Waals surface area contributed by atoms with E-state index in [0.29, 0.717) is 50.0 Å².